The lowest BCUT2D eigenvalue weighted by molar-refractivity contribution is -0.146. The van der Waals surface area contributed by atoms with Crippen LogP contribution in [0.4, 0.5) is 0 Å². The molecule has 6 atom stereocenters. The number of esters is 1. The number of amides is 1. The molecule has 1 amide bonds. The van der Waals surface area contributed by atoms with Crippen molar-refractivity contribution in [3.05, 3.63) is 12.7 Å². The zero-order chi connectivity index (χ0) is 26.4. The van der Waals surface area contributed by atoms with Crippen LogP contribution in [0.15, 0.2) is 17.6 Å². The molecule has 5 heteroatoms. The molecule has 0 spiro atoms. The van der Waals surface area contributed by atoms with Gasteiger partial charge in [0.15, 0.2) is 0 Å². The number of nitrogens with zero attached hydrogens (tertiary/aromatic N) is 2. The van der Waals surface area contributed by atoms with Gasteiger partial charge in [-0.2, -0.15) is 0 Å². The fourth-order valence-electron chi connectivity index (χ4n) is 5.85. The molecule has 1 aliphatic heterocycles. The highest BCUT2D eigenvalue weighted by atomic mass is 16.5. The standard InChI is InChI=1S/C30H52N2O3/c1-10-21(3)14-13-19-35-26(33)17-16-22(4)27(29(6,7)8)28(34)32-18-12-15-25(32)23(5)31-30(9)20-24(30)11-2/h11,21-22,24-25,27H,2,10,12-20H2,1,3-9H3. The Balaban J connectivity index is 1.99. The van der Waals surface area contributed by atoms with Crippen LogP contribution >= 0.6 is 0 Å². The topological polar surface area (TPSA) is 59.0 Å². The molecule has 2 rings (SSSR count). The number of likely N-dealkylation sites (tertiary alicyclic amines) is 1. The van der Waals surface area contributed by atoms with Crippen LogP contribution in [0, 0.1) is 29.1 Å². The first-order chi connectivity index (χ1) is 16.3. The fraction of sp³-hybridized carbons (Fsp3) is 0.833. The highest BCUT2D eigenvalue weighted by Crippen LogP contribution is 2.48. The molecule has 35 heavy (non-hydrogen) atoms. The maximum absolute atomic E-state index is 13.9. The van der Waals surface area contributed by atoms with Gasteiger partial charge in [0.2, 0.25) is 5.91 Å². The van der Waals surface area contributed by atoms with E-state index in [1.54, 1.807) is 0 Å². The van der Waals surface area contributed by atoms with E-state index >= 15 is 0 Å². The molecule has 0 N–H and O–H groups in total. The normalized spacial score (nSPS) is 27.3. The van der Waals surface area contributed by atoms with Crippen LogP contribution in [0.5, 0.6) is 0 Å². The number of hydrogen-bond acceptors (Lipinski definition) is 4. The van der Waals surface area contributed by atoms with Crippen LogP contribution in [-0.2, 0) is 14.3 Å². The summed E-state index contributed by atoms with van der Waals surface area (Å²) in [6, 6.07) is 0.0814. The van der Waals surface area contributed by atoms with Crippen molar-refractivity contribution in [2.45, 2.75) is 118 Å². The average molecular weight is 489 g/mol. The van der Waals surface area contributed by atoms with E-state index in [0.717, 1.165) is 50.8 Å². The zero-order valence-electron chi connectivity index (χ0n) is 23.9. The van der Waals surface area contributed by atoms with Crippen LogP contribution in [0.2, 0.25) is 0 Å². The second-order valence-corrected chi connectivity index (χ2v) is 12.6. The van der Waals surface area contributed by atoms with Crippen molar-refractivity contribution < 1.29 is 14.3 Å². The van der Waals surface area contributed by atoms with Crippen molar-refractivity contribution in [3.63, 3.8) is 0 Å². The highest BCUT2D eigenvalue weighted by molar-refractivity contribution is 5.93. The average Bonchev–Trinajstić information content (AvgIpc) is 3.19. The molecule has 2 aliphatic rings. The second kappa shape index (κ2) is 12.5. The molecule has 1 saturated carbocycles. The smallest absolute Gasteiger partial charge is 0.305 e. The number of aliphatic imine (C=N–C) groups is 1. The van der Waals surface area contributed by atoms with Crippen molar-refractivity contribution in [1.29, 1.82) is 0 Å². The summed E-state index contributed by atoms with van der Waals surface area (Å²) in [6.45, 7) is 22.5. The summed E-state index contributed by atoms with van der Waals surface area (Å²) >= 11 is 0. The van der Waals surface area contributed by atoms with Gasteiger partial charge in [-0.1, -0.05) is 54.0 Å². The number of hydrogen-bond donors (Lipinski definition) is 0. The third kappa shape index (κ3) is 8.18. The Morgan fingerprint density at radius 2 is 1.94 bits per heavy atom. The first-order valence-corrected chi connectivity index (χ1v) is 14.0. The lowest BCUT2D eigenvalue weighted by atomic mass is 9.71. The Labute approximate surface area is 215 Å². The third-order valence-corrected chi connectivity index (χ3v) is 8.38. The van der Waals surface area contributed by atoms with Crippen molar-refractivity contribution in [3.8, 4) is 0 Å². The summed E-state index contributed by atoms with van der Waals surface area (Å²) in [5.74, 6) is 1.14. The van der Waals surface area contributed by atoms with E-state index in [1.807, 2.05) is 6.08 Å². The van der Waals surface area contributed by atoms with E-state index in [9.17, 15) is 9.59 Å². The summed E-state index contributed by atoms with van der Waals surface area (Å²) in [7, 11) is 0. The van der Waals surface area contributed by atoms with E-state index < -0.39 is 0 Å². The fourth-order valence-corrected chi connectivity index (χ4v) is 5.85. The maximum atomic E-state index is 13.9. The molecule has 6 unspecified atom stereocenters. The van der Waals surface area contributed by atoms with E-state index in [0.29, 0.717) is 31.3 Å². The molecule has 0 aromatic rings. The third-order valence-electron chi connectivity index (χ3n) is 8.38. The van der Waals surface area contributed by atoms with Crippen LogP contribution in [0.1, 0.15) is 107 Å². The summed E-state index contributed by atoms with van der Waals surface area (Å²) < 4.78 is 5.47. The second-order valence-electron chi connectivity index (χ2n) is 12.6. The minimum atomic E-state index is -0.189. The minimum absolute atomic E-state index is 0.0468. The molecule has 1 aliphatic carbocycles. The number of rotatable bonds is 13. The van der Waals surface area contributed by atoms with Crippen molar-refractivity contribution in [1.82, 2.24) is 4.90 Å². The predicted octanol–water partition coefficient (Wildman–Crippen LogP) is 6.85. The van der Waals surface area contributed by atoms with Crippen LogP contribution < -0.4 is 0 Å². The molecule has 2 fully saturated rings. The Kier molecular flexibility index (Phi) is 10.6. The largest absolute Gasteiger partial charge is 0.466 e. The summed E-state index contributed by atoms with van der Waals surface area (Å²) in [5.41, 5.74) is 0.837. The minimum Gasteiger partial charge on any atom is -0.466 e. The van der Waals surface area contributed by atoms with Gasteiger partial charge in [-0.15, -0.1) is 6.58 Å². The molecule has 1 saturated heterocycles. The molecule has 0 aromatic carbocycles. The van der Waals surface area contributed by atoms with Gasteiger partial charge in [-0.3, -0.25) is 14.6 Å². The van der Waals surface area contributed by atoms with Crippen LogP contribution in [0.3, 0.4) is 0 Å². The van der Waals surface area contributed by atoms with Gasteiger partial charge in [-0.25, -0.2) is 0 Å². The number of carbonyl (C=O) groups excluding carboxylic acids is 2. The Hall–Kier alpha value is -1.65. The van der Waals surface area contributed by atoms with Gasteiger partial charge in [0.25, 0.3) is 0 Å². The summed E-state index contributed by atoms with van der Waals surface area (Å²) in [4.78, 5) is 33.4. The van der Waals surface area contributed by atoms with E-state index in [1.165, 1.54) is 0 Å². The Morgan fingerprint density at radius 3 is 2.51 bits per heavy atom. The maximum Gasteiger partial charge on any atom is 0.305 e. The molecule has 0 radical (unpaired) electrons. The lowest BCUT2D eigenvalue weighted by Gasteiger charge is -2.39. The van der Waals surface area contributed by atoms with Crippen LogP contribution in [0.25, 0.3) is 0 Å². The van der Waals surface area contributed by atoms with Gasteiger partial charge in [0.1, 0.15) is 0 Å². The van der Waals surface area contributed by atoms with Gasteiger partial charge in [0, 0.05) is 30.5 Å². The molecule has 5 nitrogen and oxygen atoms in total. The predicted molar refractivity (Wildman–Crippen MR) is 146 cm³/mol. The van der Waals surface area contributed by atoms with Crippen molar-refractivity contribution in [2.75, 3.05) is 13.2 Å². The first kappa shape index (κ1) is 29.6. The van der Waals surface area contributed by atoms with Gasteiger partial charge >= 0.3 is 5.97 Å². The Bertz CT molecular complexity index is 768. The van der Waals surface area contributed by atoms with Gasteiger partial charge < -0.3 is 9.64 Å². The molecule has 0 aromatic heterocycles. The van der Waals surface area contributed by atoms with Gasteiger partial charge in [0.05, 0.1) is 18.2 Å². The summed E-state index contributed by atoms with van der Waals surface area (Å²) in [6.07, 6.45) is 9.25. The van der Waals surface area contributed by atoms with E-state index in [2.05, 4.69) is 66.9 Å². The monoisotopic (exact) mass is 488 g/mol. The SMILES string of the molecule is C=CC1CC1(C)N=C(C)C1CCCN1C(=O)C(C(C)CCC(=O)OCCCC(C)CC)C(C)(C)C. The van der Waals surface area contributed by atoms with Crippen molar-refractivity contribution in [2.24, 2.45) is 34.1 Å². The molecular weight excluding hydrogens is 436 g/mol. The van der Waals surface area contributed by atoms with E-state index in [4.69, 9.17) is 9.73 Å². The lowest BCUT2D eigenvalue weighted by Crippen LogP contribution is -2.48. The van der Waals surface area contributed by atoms with Crippen LogP contribution in [-0.4, -0.2) is 47.2 Å². The Morgan fingerprint density at radius 1 is 1.26 bits per heavy atom. The quantitative estimate of drug-likeness (QED) is 0.123. The zero-order valence-corrected chi connectivity index (χ0v) is 23.9. The molecule has 1 heterocycles. The molecule has 200 valence electrons. The van der Waals surface area contributed by atoms with Gasteiger partial charge in [-0.05, 0) is 69.6 Å². The summed E-state index contributed by atoms with van der Waals surface area (Å²) in [5, 5.41) is 0. The van der Waals surface area contributed by atoms with Crippen molar-refractivity contribution >= 4 is 17.6 Å². The number of ether oxygens (including phenoxy) is 1. The number of carbonyl (C=O) groups is 2. The highest BCUT2D eigenvalue weighted by Gasteiger charge is 2.49. The first-order valence-electron chi connectivity index (χ1n) is 14.0. The molecule has 0 bridgehead atoms. The van der Waals surface area contributed by atoms with E-state index in [-0.39, 0.29) is 40.7 Å². The molecular formula is C30H52N2O3.